The summed E-state index contributed by atoms with van der Waals surface area (Å²) in [6, 6.07) is 7.80. The van der Waals surface area contributed by atoms with Gasteiger partial charge in [0, 0.05) is 10.9 Å². The zero-order valence-corrected chi connectivity index (χ0v) is 9.38. The smallest absolute Gasteiger partial charge is 0.156 e. The zero-order chi connectivity index (χ0) is 10.2. The fourth-order valence-electron chi connectivity index (χ4n) is 1.42. The molecule has 0 saturated heterocycles. The van der Waals surface area contributed by atoms with Crippen molar-refractivity contribution in [2.75, 3.05) is 0 Å². The molecule has 0 aromatic heterocycles. The quantitative estimate of drug-likeness (QED) is 0.897. The van der Waals surface area contributed by atoms with Crippen molar-refractivity contribution in [2.45, 2.75) is 24.8 Å². The molecule has 14 heavy (non-hydrogen) atoms. The average molecular weight is 254 g/mol. The molecule has 1 fully saturated rings. The van der Waals surface area contributed by atoms with Gasteiger partial charge in [-0.15, -0.1) is 0 Å². The van der Waals surface area contributed by atoms with Gasteiger partial charge in [-0.25, -0.2) is 0 Å². The maximum absolute atomic E-state index is 11.7. The van der Waals surface area contributed by atoms with Crippen LogP contribution < -0.4 is 5.73 Å². The first-order chi connectivity index (χ1) is 6.60. The highest BCUT2D eigenvalue weighted by Gasteiger charge is 2.44. The fraction of sp³-hybridized carbons (Fsp3) is 0.364. The molecule has 74 valence electrons. The molecule has 1 aromatic carbocycles. The van der Waals surface area contributed by atoms with Gasteiger partial charge in [0.05, 0.1) is 5.54 Å². The van der Waals surface area contributed by atoms with Gasteiger partial charge in [0.1, 0.15) is 0 Å². The van der Waals surface area contributed by atoms with Gasteiger partial charge in [-0.3, -0.25) is 4.79 Å². The van der Waals surface area contributed by atoms with Crippen molar-refractivity contribution in [1.29, 1.82) is 0 Å². The molecular formula is C11H12BrNO. The van der Waals surface area contributed by atoms with E-state index in [-0.39, 0.29) is 5.78 Å². The largest absolute Gasteiger partial charge is 0.319 e. The van der Waals surface area contributed by atoms with Crippen molar-refractivity contribution in [3.8, 4) is 0 Å². The number of nitrogens with two attached hydrogens (primary N) is 1. The van der Waals surface area contributed by atoms with Crippen molar-refractivity contribution in [3.63, 3.8) is 0 Å². The Balaban J connectivity index is 2.07. The van der Waals surface area contributed by atoms with Crippen LogP contribution in [0.25, 0.3) is 0 Å². The second-order valence-corrected chi connectivity index (χ2v) is 4.80. The second kappa shape index (κ2) is 3.48. The Labute approximate surface area is 91.6 Å². The van der Waals surface area contributed by atoms with Crippen molar-refractivity contribution in [2.24, 2.45) is 5.73 Å². The van der Waals surface area contributed by atoms with Crippen LogP contribution in [0.15, 0.2) is 28.7 Å². The third-order valence-corrected chi connectivity index (χ3v) is 3.09. The maximum Gasteiger partial charge on any atom is 0.156 e. The predicted molar refractivity (Wildman–Crippen MR) is 59.0 cm³/mol. The minimum absolute atomic E-state index is 0.163. The van der Waals surface area contributed by atoms with E-state index in [2.05, 4.69) is 15.9 Å². The van der Waals surface area contributed by atoms with Gasteiger partial charge >= 0.3 is 0 Å². The number of carbonyl (C=O) groups is 1. The summed E-state index contributed by atoms with van der Waals surface area (Å²) in [5.74, 6) is 0.163. The standard InChI is InChI=1S/C11H12BrNO/c12-9-3-1-2-8(6-9)7-10(14)11(13)4-5-11/h1-3,6H,4-5,7,13H2. The van der Waals surface area contributed by atoms with E-state index in [9.17, 15) is 4.79 Å². The summed E-state index contributed by atoms with van der Waals surface area (Å²) < 4.78 is 1.00. The molecule has 2 rings (SSSR count). The Kier molecular flexibility index (Phi) is 2.45. The van der Waals surface area contributed by atoms with Crippen LogP contribution in [0.1, 0.15) is 18.4 Å². The van der Waals surface area contributed by atoms with Crippen LogP contribution in [0.2, 0.25) is 0 Å². The molecule has 0 amide bonds. The first-order valence-corrected chi connectivity index (χ1v) is 5.46. The lowest BCUT2D eigenvalue weighted by Gasteiger charge is -2.07. The second-order valence-electron chi connectivity index (χ2n) is 3.89. The predicted octanol–water partition coefficient (Wildman–Crippen LogP) is 2.05. The number of carbonyl (C=O) groups excluding carboxylic acids is 1. The zero-order valence-electron chi connectivity index (χ0n) is 7.79. The number of rotatable bonds is 3. The highest BCUT2D eigenvalue weighted by molar-refractivity contribution is 9.10. The molecule has 0 atom stereocenters. The molecule has 1 saturated carbocycles. The van der Waals surface area contributed by atoms with E-state index >= 15 is 0 Å². The van der Waals surface area contributed by atoms with Crippen molar-refractivity contribution in [3.05, 3.63) is 34.3 Å². The Morgan fingerprint density at radius 3 is 2.79 bits per heavy atom. The van der Waals surface area contributed by atoms with E-state index in [4.69, 9.17) is 5.73 Å². The number of Topliss-reactive ketones (excluding diaryl/α,β-unsaturated/α-hetero) is 1. The average Bonchev–Trinajstić information content (AvgIpc) is 2.85. The van der Waals surface area contributed by atoms with Crippen LogP contribution in [0, 0.1) is 0 Å². The van der Waals surface area contributed by atoms with Crippen molar-refractivity contribution in [1.82, 2.24) is 0 Å². The van der Waals surface area contributed by atoms with E-state index in [1.54, 1.807) is 0 Å². The number of hydrogen-bond acceptors (Lipinski definition) is 2. The monoisotopic (exact) mass is 253 g/mol. The highest BCUT2D eigenvalue weighted by atomic mass is 79.9. The summed E-state index contributed by atoms with van der Waals surface area (Å²) >= 11 is 3.38. The summed E-state index contributed by atoms with van der Waals surface area (Å²) in [6.07, 6.45) is 2.15. The first-order valence-electron chi connectivity index (χ1n) is 4.67. The lowest BCUT2D eigenvalue weighted by Crippen LogP contribution is -2.33. The molecule has 0 spiro atoms. The summed E-state index contributed by atoms with van der Waals surface area (Å²) in [4.78, 5) is 11.7. The SMILES string of the molecule is NC1(C(=O)Cc2cccc(Br)c2)CC1. The van der Waals surface area contributed by atoms with E-state index in [0.717, 1.165) is 22.9 Å². The molecule has 3 heteroatoms. The van der Waals surface area contributed by atoms with Crippen molar-refractivity contribution < 1.29 is 4.79 Å². The fourth-order valence-corrected chi connectivity index (χ4v) is 1.87. The van der Waals surface area contributed by atoms with Crippen LogP contribution in [-0.2, 0) is 11.2 Å². The molecule has 1 aliphatic rings. The van der Waals surface area contributed by atoms with Crippen LogP contribution in [0.3, 0.4) is 0 Å². The van der Waals surface area contributed by atoms with Gasteiger partial charge in [-0.1, -0.05) is 28.1 Å². The van der Waals surface area contributed by atoms with E-state index < -0.39 is 5.54 Å². The normalized spacial score (nSPS) is 17.9. The molecule has 0 heterocycles. The van der Waals surface area contributed by atoms with Crippen LogP contribution in [0.4, 0.5) is 0 Å². The lowest BCUT2D eigenvalue weighted by atomic mass is 10.0. The van der Waals surface area contributed by atoms with Gasteiger partial charge in [0.25, 0.3) is 0 Å². The Bertz CT molecular complexity index is 371. The van der Waals surface area contributed by atoms with Crippen molar-refractivity contribution >= 4 is 21.7 Å². The van der Waals surface area contributed by atoms with E-state index in [1.807, 2.05) is 24.3 Å². The molecule has 1 aromatic rings. The number of halogens is 1. The lowest BCUT2D eigenvalue weighted by molar-refractivity contribution is -0.120. The van der Waals surface area contributed by atoms with Crippen LogP contribution >= 0.6 is 15.9 Å². The summed E-state index contributed by atoms with van der Waals surface area (Å²) in [5.41, 5.74) is 6.35. The molecular weight excluding hydrogens is 242 g/mol. The van der Waals surface area contributed by atoms with Gasteiger partial charge < -0.3 is 5.73 Å². The van der Waals surface area contributed by atoms with E-state index in [1.165, 1.54) is 0 Å². The number of ketones is 1. The Morgan fingerprint density at radius 2 is 2.21 bits per heavy atom. The molecule has 2 nitrogen and oxygen atoms in total. The summed E-state index contributed by atoms with van der Waals surface area (Å²) in [5, 5.41) is 0. The third kappa shape index (κ3) is 2.04. The van der Waals surface area contributed by atoms with Crippen LogP contribution in [0.5, 0.6) is 0 Å². The molecule has 0 unspecified atom stereocenters. The maximum atomic E-state index is 11.7. The third-order valence-electron chi connectivity index (χ3n) is 2.60. The number of hydrogen-bond donors (Lipinski definition) is 1. The van der Waals surface area contributed by atoms with Gasteiger partial charge in [-0.05, 0) is 30.5 Å². The van der Waals surface area contributed by atoms with Gasteiger partial charge in [-0.2, -0.15) is 0 Å². The summed E-state index contributed by atoms with van der Waals surface area (Å²) in [6.45, 7) is 0. The van der Waals surface area contributed by atoms with Gasteiger partial charge in [0.15, 0.2) is 5.78 Å². The van der Waals surface area contributed by atoms with E-state index in [0.29, 0.717) is 6.42 Å². The topological polar surface area (TPSA) is 43.1 Å². The van der Waals surface area contributed by atoms with Crippen LogP contribution in [-0.4, -0.2) is 11.3 Å². The Hall–Kier alpha value is -0.670. The highest BCUT2D eigenvalue weighted by Crippen LogP contribution is 2.34. The molecule has 0 radical (unpaired) electrons. The summed E-state index contributed by atoms with van der Waals surface area (Å²) in [7, 11) is 0. The molecule has 2 N–H and O–H groups in total. The Morgan fingerprint density at radius 1 is 1.50 bits per heavy atom. The molecule has 1 aliphatic carbocycles. The molecule has 0 bridgehead atoms. The first kappa shape index (κ1) is 9.87. The number of benzene rings is 1. The molecule has 0 aliphatic heterocycles. The minimum atomic E-state index is -0.498. The van der Waals surface area contributed by atoms with Gasteiger partial charge in [0.2, 0.25) is 0 Å². The minimum Gasteiger partial charge on any atom is -0.319 e.